The maximum atomic E-state index is 6.45. The van der Waals surface area contributed by atoms with Crippen molar-refractivity contribution in [3.05, 3.63) is 76.1 Å². The van der Waals surface area contributed by atoms with Gasteiger partial charge in [0.1, 0.15) is 0 Å². The van der Waals surface area contributed by atoms with Gasteiger partial charge in [0.15, 0.2) is 0 Å². The number of para-hydroxylation sites is 1. The van der Waals surface area contributed by atoms with E-state index < -0.39 is 0 Å². The summed E-state index contributed by atoms with van der Waals surface area (Å²) in [6.45, 7) is 0. The zero-order chi connectivity index (χ0) is 18.7. The third-order valence-electron chi connectivity index (χ3n) is 5.38. The smallest absolute Gasteiger partial charge is 0.0640 e. The largest absolute Gasteiger partial charge is 0.353 e. The van der Waals surface area contributed by atoms with Crippen LogP contribution in [0.15, 0.2) is 60.7 Å². The molecular formula is C24H16ClNS2. The van der Waals surface area contributed by atoms with Crippen molar-refractivity contribution in [3.8, 4) is 0 Å². The molecule has 136 valence electrons. The van der Waals surface area contributed by atoms with Crippen LogP contribution < -0.4 is 5.32 Å². The second-order valence-electron chi connectivity index (χ2n) is 7.09. The molecular weight excluding hydrogens is 402 g/mol. The molecule has 0 saturated heterocycles. The number of hydrogen-bond acceptors (Lipinski definition) is 3. The Kier molecular flexibility index (Phi) is 3.76. The van der Waals surface area contributed by atoms with Crippen molar-refractivity contribution in [3.63, 3.8) is 0 Å². The van der Waals surface area contributed by atoms with Gasteiger partial charge in [0.05, 0.1) is 21.1 Å². The van der Waals surface area contributed by atoms with Crippen LogP contribution in [0.2, 0.25) is 5.02 Å². The topological polar surface area (TPSA) is 12.0 Å². The van der Waals surface area contributed by atoms with Crippen LogP contribution in [0.25, 0.3) is 36.3 Å². The van der Waals surface area contributed by atoms with Gasteiger partial charge in [-0.25, -0.2) is 0 Å². The second-order valence-corrected chi connectivity index (χ2v) is 9.65. The zero-order valence-corrected chi connectivity index (χ0v) is 17.3. The highest BCUT2D eigenvalue weighted by atomic mass is 35.5. The Morgan fingerprint density at radius 2 is 1.71 bits per heavy atom. The van der Waals surface area contributed by atoms with Crippen LogP contribution in [0.4, 0.5) is 11.4 Å². The minimum Gasteiger partial charge on any atom is -0.353 e. The van der Waals surface area contributed by atoms with E-state index in [-0.39, 0.29) is 0 Å². The van der Waals surface area contributed by atoms with E-state index in [0.717, 1.165) is 29.2 Å². The standard InChI is InChI=1S/C24H16ClNS2/c25-17-9-3-4-10-18(17)26-19-13-16-14-7-1-5-11-20(14)27-23(16)22-15-8-2-6-12-21(15)28-24(19)22/h1-4,6-10,12-13,26H,5,11H2. The number of hydrogen-bond donors (Lipinski definition) is 1. The van der Waals surface area contributed by atoms with Gasteiger partial charge in [0.25, 0.3) is 0 Å². The number of fused-ring (bicyclic) bond motifs is 7. The van der Waals surface area contributed by atoms with Crippen molar-refractivity contribution in [2.24, 2.45) is 0 Å². The molecule has 0 atom stereocenters. The molecule has 1 aliphatic carbocycles. The zero-order valence-electron chi connectivity index (χ0n) is 15.0. The van der Waals surface area contributed by atoms with Crippen LogP contribution in [-0.4, -0.2) is 0 Å². The van der Waals surface area contributed by atoms with E-state index in [2.05, 4.69) is 47.8 Å². The van der Waals surface area contributed by atoms with E-state index in [1.807, 2.05) is 46.9 Å². The number of benzene rings is 3. The third-order valence-corrected chi connectivity index (χ3v) is 8.21. The summed E-state index contributed by atoms with van der Waals surface area (Å²) in [5.41, 5.74) is 3.48. The molecule has 0 saturated carbocycles. The van der Waals surface area contributed by atoms with Gasteiger partial charge in [-0.05, 0) is 42.7 Å². The van der Waals surface area contributed by atoms with E-state index in [0.29, 0.717) is 0 Å². The molecule has 28 heavy (non-hydrogen) atoms. The van der Waals surface area contributed by atoms with Crippen molar-refractivity contribution in [2.75, 3.05) is 5.32 Å². The van der Waals surface area contributed by atoms with Crippen LogP contribution in [0.5, 0.6) is 0 Å². The fourth-order valence-electron chi connectivity index (χ4n) is 4.09. The first-order valence-electron chi connectivity index (χ1n) is 9.37. The average molecular weight is 418 g/mol. The van der Waals surface area contributed by atoms with E-state index in [4.69, 9.17) is 11.6 Å². The van der Waals surface area contributed by atoms with Gasteiger partial charge < -0.3 is 5.32 Å². The van der Waals surface area contributed by atoms with Crippen LogP contribution in [0, 0.1) is 0 Å². The molecule has 0 spiro atoms. The molecule has 0 bridgehead atoms. The average Bonchev–Trinajstić information content (AvgIpc) is 3.28. The Hall–Kier alpha value is -2.33. The van der Waals surface area contributed by atoms with E-state index in [1.54, 1.807) is 0 Å². The molecule has 5 aromatic rings. The first kappa shape index (κ1) is 16.6. The quantitative estimate of drug-likeness (QED) is 0.303. The maximum Gasteiger partial charge on any atom is 0.0640 e. The Bertz CT molecular complexity index is 1410. The summed E-state index contributed by atoms with van der Waals surface area (Å²) in [4.78, 5) is 1.50. The lowest BCUT2D eigenvalue weighted by Crippen LogP contribution is -1.92. The highest BCUT2D eigenvalue weighted by Gasteiger charge is 2.20. The molecule has 3 aromatic carbocycles. The molecule has 2 heterocycles. The number of halogens is 1. The number of aryl methyl sites for hydroxylation is 1. The van der Waals surface area contributed by atoms with Crippen molar-refractivity contribution in [2.45, 2.75) is 12.8 Å². The highest BCUT2D eigenvalue weighted by Crippen LogP contribution is 2.48. The van der Waals surface area contributed by atoms with Gasteiger partial charge in [-0.15, -0.1) is 22.7 Å². The lowest BCUT2D eigenvalue weighted by Gasteiger charge is -2.11. The molecule has 0 radical (unpaired) electrons. The summed E-state index contributed by atoms with van der Waals surface area (Å²) in [5.74, 6) is 0. The van der Waals surface area contributed by atoms with E-state index in [1.165, 1.54) is 40.7 Å². The van der Waals surface area contributed by atoms with Crippen molar-refractivity contribution in [1.29, 1.82) is 0 Å². The summed E-state index contributed by atoms with van der Waals surface area (Å²) in [7, 11) is 0. The molecule has 2 aromatic heterocycles. The van der Waals surface area contributed by atoms with Crippen molar-refractivity contribution < 1.29 is 0 Å². The predicted molar refractivity (Wildman–Crippen MR) is 127 cm³/mol. The fraction of sp³-hybridized carbons (Fsp3) is 0.0833. The molecule has 0 fully saturated rings. The van der Waals surface area contributed by atoms with Crippen LogP contribution in [-0.2, 0) is 6.42 Å². The summed E-state index contributed by atoms with van der Waals surface area (Å²) >= 11 is 10.3. The van der Waals surface area contributed by atoms with Crippen LogP contribution in [0.1, 0.15) is 16.9 Å². The molecule has 1 aliphatic rings. The minimum absolute atomic E-state index is 0.740. The highest BCUT2D eigenvalue weighted by molar-refractivity contribution is 7.28. The Morgan fingerprint density at radius 1 is 0.857 bits per heavy atom. The SMILES string of the molecule is Clc1ccccc1Nc1cc2c3c(sc2c2c1sc1ccccc12)CCC=C3. The number of anilines is 2. The van der Waals surface area contributed by atoms with Crippen molar-refractivity contribution >= 4 is 82.0 Å². The summed E-state index contributed by atoms with van der Waals surface area (Å²) in [6, 6.07) is 19.0. The molecule has 0 unspecified atom stereocenters. The van der Waals surface area contributed by atoms with Gasteiger partial charge in [0.2, 0.25) is 0 Å². The first-order chi connectivity index (χ1) is 13.8. The number of thiophene rings is 2. The van der Waals surface area contributed by atoms with Gasteiger partial charge in [-0.1, -0.05) is 54.1 Å². The number of nitrogens with one attached hydrogen (secondary N) is 1. The van der Waals surface area contributed by atoms with Crippen molar-refractivity contribution in [1.82, 2.24) is 0 Å². The number of allylic oxidation sites excluding steroid dienone is 1. The molecule has 0 aliphatic heterocycles. The third kappa shape index (κ3) is 2.44. The van der Waals surface area contributed by atoms with E-state index in [9.17, 15) is 0 Å². The van der Waals surface area contributed by atoms with Gasteiger partial charge in [-0.2, -0.15) is 0 Å². The Labute approximate surface area is 175 Å². The monoisotopic (exact) mass is 417 g/mol. The Morgan fingerprint density at radius 3 is 2.64 bits per heavy atom. The molecule has 6 rings (SSSR count). The molecule has 4 heteroatoms. The van der Waals surface area contributed by atoms with Gasteiger partial charge >= 0.3 is 0 Å². The van der Waals surface area contributed by atoms with E-state index >= 15 is 0 Å². The maximum absolute atomic E-state index is 6.45. The fourth-order valence-corrected chi connectivity index (χ4v) is 6.87. The molecule has 0 amide bonds. The van der Waals surface area contributed by atoms with Crippen LogP contribution in [0.3, 0.4) is 0 Å². The Balaban J connectivity index is 1.73. The first-order valence-corrected chi connectivity index (χ1v) is 11.4. The minimum atomic E-state index is 0.740. The second kappa shape index (κ2) is 6.35. The molecule has 1 nitrogen and oxygen atoms in total. The summed E-state index contributed by atoms with van der Waals surface area (Å²) in [5, 5.41) is 8.43. The molecule has 1 N–H and O–H groups in total. The normalized spacial score (nSPS) is 13.5. The van der Waals surface area contributed by atoms with Crippen LogP contribution >= 0.6 is 34.3 Å². The summed E-state index contributed by atoms with van der Waals surface area (Å²) in [6.07, 6.45) is 6.88. The van der Waals surface area contributed by atoms with Gasteiger partial charge in [0, 0.05) is 30.4 Å². The lowest BCUT2D eigenvalue weighted by atomic mass is 10.0. The lowest BCUT2D eigenvalue weighted by molar-refractivity contribution is 1.02. The summed E-state index contributed by atoms with van der Waals surface area (Å²) < 4.78 is 4.04. The predicted octanol–water partition coefficient (Wildman–Crippen LogP) is 8.63. The number of rotatable bonds is 2. The van der Waals surface area contributed by atoms with Gasteiger partial charge in [-0.3, -0.25) is 0 Å².